The highest BCUT2D eigenvalue weighted by atomic mass is 19.1. The first-order valence-electron chi connectivity index (χ1n) is 12.4. The number of ketones is 1. The molecule has 1 atom stereocenters. The number of nitrogens with zero attached hydrogens (tertiary/aromatic N) is 2. The lowest BCUT2D eigenvalue weighted by Gasteiger charge is -2.15. The quantitative estimate of drug-likeness (QED) is 0.394. The van der Waals surface area contributed by atoms with Gasteiger partial charge in [-0.3, -0.25) is 4.79 Å². The Kier molecular flexibility index (Phi) is 8.08. The molecule has 1 aliphatic heterocycles. The maximum absolute atomic E-state index is 14.0. The van der Waals surface area contributed by atoms with Gasteiger partial charge in [0.25, 0.3) is 0 Å². The standard InChI is InChI=1S/C28H35FN2O4/c1-19(2)13-23(33)18-31-26-8-6-24(35-12-4-10-30-11-9-22(32)17-30)14-21(26)15-27(31)20-5-7-25(29)28(16-20)34-3/h5-8,14-16,19,22,32H,4,9-13,17-18H2,1-3H3. The number of methoxy groups -OCH3 is 1. The minimum Gasteiger partial charge on any atom is -0.494 e. The number of hydrogen-bond acceptors (Lipinski definition) is 5. The van der Waals surface area contributed by atoms with Crippen molar-refractivity contribution in [1.82, 2.24) is 9.47 Å². The Balaban J connectivity index is 1.56. The van der Waals surface area contributed by atoms with Crippen molar-refractivity contribution in [2.75, 3.05) is 33.4 Å². The second-order valence-electron chi connectivity index (χ2n) is 9.77. The molecule has 0 bridgehead atoms. The topological polar surface area (TPSA) is 63.9 Å². The van der Waals surface area contributed by atoms with E-state index < -0.39 is 5.82 Å². The van der Waals surface area contributed by atoms with Crippen molar-refractivity contribution in [2.45, 2.75) is 45.8 Å². The molecule has 188 valence electrons. The van der Waals surface area contributed by atoms with Crippen molar-refractivity contribution in [2.24, 2.45) is 5.92 Å². The van der Waals surface area contributed by atoms with Gasteiger partial charge in [-0.2, -0.15) is 0 Å². The summed E-state index contributed by atoms with van der Waals surface area (Å²) in [6.45, 7) is 7.50. The Morgan fingerprint density at radius 2 is 2.03 bits per heavy atom. The van der Waals surface area contributed by atoms with Crippen LogP contribution < -0.4 is 9.47 Å². The summed E-state index contributed by atoms with van der Waals surface area (Å²) in [5.41, 5.74) is 2.55. The van der Waals surface area contributed by atoms with Crippen molar-refractivity contribution < 1.29 is 23.8 Å². The molecule has 1 aromatic heterocycles. The number of fused-ring (bicyclic) bond motifs is 1. The number of hydrogen-bond donors (Lipinski definition) is 1. The number of aliphatic hydroxyl groups is 1. The minimum absolute atomic E-state index is 0.153. The van der Waals surface area contributed by atoms with Gasteiger partial charge in [0.05, 0.1) is 26.4 Å². The molecule has 2 heterocycles. The summed E-state index contributed by atoms with van der Waals surface area (Å²) < 4.78 is 27.2. The van der Waals surface area contributed by atoms with Gasteiger partial charge in [-0.15, -0.1) is 0 Å². The van der Waals surface area contributed by atoms with Crippen LogP contribution in [0.5, 0.6) is 11.5 Å². The molecule has 0 amide bonds. The molecule has 0 radical (unpaired) electrons. The first-order chi connectivity index (χ1) is 16.8. The molecule has 4 rings (SSSR count). The minimum atomic E-state index is -0.422. The molecular weight excluding hydrogens is 447 g/mol. The Morgan fingerprint density at radius 3 is 2.74 bits per heavy atom. The SMILES string of the molecule is COc1cc(-c2cc3cc(OCCCN4CCC(O)C4)ccc3n2CC(=O)CC(C)C)ccc1F. The Hall–Kier alpha value is -2.90. The average molecular weight is 483 g/mol. The number of β-amino-alcohol motifs (C(OH)–C–C–N with tert-alkyl or cyclic N) is 1. The van der Waals surface area contributed by atoms with Crippen LogP contribution in [0.2, 0.25) is 0 Å². The molecule has 0 saturated carbocycles. The number of Topliss-reactive ketones (excluding diaryl/α,β-unsaturated/α-hetero) is 1. The summed E-state index contributed by atoms with van der Waals surface area (Å²) in [5.74, 6) is 0.951. The molecule has 1 fully saturated rings. The Morgan fingerprint density at radius 1 is 1.20 bits per heavy atom. The fraction of sp³-hybridized carbons (Fsp3) is 0.464. The monoisotopic (exact) mass is 482 g/mol. The first-order valence-corrected chi connectivity index (χ1v) is 12.4. The van der Waals surface area contributed by atoms with E-state index in [1.807, 2.05) is 42.7 Å². The molecule has 7 heteroatoms. The lowest BCUT2D eigenvalue weighted by atomic mass is 10.1. The van der Waals surface area contributed by atoms with E-state index in [0.29, 0.717) is 13.0 Å². The predicted molar refractivity (Wildman–Crippen MR) is 136 cm³/mol. The van der Waals surface area contributed by atoms with Gasteiger partial charge in [-0.1, -0.05) is 13.8 Å². The Bertz CT molecular complexity index is 1170. The lowest BCUT2D eigenvalue weighted by molar-refractivity contribution is -0.120. The normalized spacial score (nSPS) is 16.3. The van der Waals surface area contributed by atoms with Gasteiger partial charge in [-0.25, -0.2) is 4.39 Å². The fourth-order valence-corrected chi connectivity index (χ4v) is 4.76. The van der Waals surface area contributed by atoms with Gasteiger partial charge in [-0.05, 0) is 61.2 Å². The highest BCUT2D eigenvalue weighted by Crippen LogP contribution is 2.33. The number of aliphatic hydroxyl groups excluding tert-OH is 1. The zero-order chi connectivity index (χ0) is 24.9. The first kappa shape index (κ1) is 25.2. The van der Waals surface area contributed by atoms with Gasteiger partial charge in [0, 0.05) is 48.2 Å². The summed E-state index contributed by atoms with van der Waals surface area (Å²) >= 11 is 0. The molecule has 0 spiro atoms. The van der Waals surface area contributed by atoms with Crippen LogP contribution >= 0.6 is 0 Å². The van der Waals surface area contributed by atoms with E-state index in [-0.39, 0.29) is 30.1 Å². The number of ether oxygens (including phenoxy) is 2. The zero-order valence-corrected chi connectivity index (χ0v) is 20.8. The maximum atomic E-state index is 14.0. The van der Waals surface area contributed by atoms with Gasteiger partial charge in [0.2, 0.25) is 0 Å². The number of halogens is 1. The van der Waals surface area contributed by atoms with Crippen molar-refractivity contribution in [3.05, 3.63) is 48.3 Å². The van der Waals surface area contributed by atoms with Crippen LogP contribution in [0.3, 0.4) is 0 Å². The van der Waals surface area contributed by atoms with E-state index in [0.717, 1.165) is 60.4 Å². The van der Waals surface area contributed by atoms with Gasteiger partial charge < -0.3 is 24.0 Å². The average Bonchev–Trinajstić information content (AvgIpc) is 3.39. The zero-order valence-electron chi connectivity index (χ0n) is 20.8. The predicted octanol–water partition coefficient (Wildman–Crippen LogP) is 4.91. The summed E-state index contributed by atoms with van der Waals surface area (Å²) in [4.78, 5) is 15.0. The largest absolute Gasteiger partial charge is 0.494 e. The molecule has 35 heavy (non-hydrogen) atoms. The van der Waals surface area contributed by atoms with Crippen LogP contribution in [0, 0.1) is 11.7 Å². The van der Waals surface area contributed by atoms with Crippen molar-refractivity contribution in [3.63, 3.8) is 0 Å². The number of carbonyl (C=O) groups excluding carboxylic acids is 1. The molecule has 1 unspecified atom stereocenters. The van der Waals surface area contributed by atoms with Gasteiger partial charge in [0.1, 0.15) is 5.75 Å². The number of rotatable bonds is 11. The van der Waals surface area contributed by atoms with Crippen LogP contribution in [-0.2, 0) is 11.3 Å². The third kappa shape index (κ3) is 6.21. The van der Waals surface area contributed by atoms with E-state index in [9.17, 15) is 14.3 Å². The van der Waals surface area contributed by atoms with Crippen LogP contribution in [0.25, 0.3) is 22.2 Å². The third-order valence-electron chi connectivity index (χ3n) is 6.42. The lowest BCUT2D eigenvalue weighted by Crippen LogP contribution is -2.24. The molecular formula is C28H35FN2O4. The van der Waals surface area contributed by atoms with Crippen molar-refractivity contribution in [1.29, 1.82) is 0 Å². The summed E-state index contributed by atoms with van der Waals surface area (Å²) in [6, 6.07) is 12.7. The number of benzene rings is 2. The van der Waals surface area contributed by atoms with Crippen LogP contribution in [0.1, 0.15) is 33.1 Å². The summed E-state index contributed by atoms with van der Waals surface area (Å²) in [6.07, 6.45) is 2.03. The molecule has 1 aliphatic rings. The van der Waals surface area contributed by atoms with Gasteiger partial charge in [0.15, 0.2) is 17.3 Å². The van der Waals surface area contributed by atoms with Crippen molar-refractivity contribution in [3.8, 4) is 22.8 Å². The number of aromatic nitrogens is 1. The fourth-order valence-electron chi connectivity index (χ4n) is 4.76. The molecule has 3 aromatic rings. The van der Waals surface area contributed by atoms with E-state index in [2.05, 4.69) is 4.90 Å². The summed E-state index contributed by atoms with van der Waals surface area (Å²) in [7, 11) is 1.44. The molecule has 1 N–H and O–H groups in total. The van der Waals surface area contributed by atoms with Crippen LogP contribution in [-0.4, -0.2) is 59.8 Å². The van der Waals surface area contributed by atoms with E-state index in [1.165, 1.54) is 13.2 Å². The number of carbonyl (C=O) groups is 1. The van der Waals surface area contributed by atoms with Crippen molar-refractivity contribution >= 4 is 16.7 Å². The molecule has 2 aromatic carbocycles. The Labute approximate surface area is 206 Å². The smallest absolute Gasteiger partial charge is 0.165 e. The summed E-state index contributed by atoms with van der Waals surface area (Å²) in [5, 5.41) is 10.6. The van der Waals surface area contributed by atoms with Crippen LogP contribution in [0.15, 0.2) is 42.5 Å². The number of likely N-dealkylation sites (tertiary alicyclic amines) is 1. The van der Waals surface area contributed by atoms with E-state index >= 15 is 0 Å². The van der Waals surface area contributed by atoms with Gasteiger partial charge >= 0.3 is 0 Å². The second kappa shape index (κ2) is 11.2. The highest BCUT2D eigenvalue weighted by Gasteiger charge is 2.19. The molecule has 0 aliphatic carbocycles. The second-order valence-corrected chi connectivity index (χ2v) is 9.77. The molecule has 6 nitrogen and oxygen atoms in total. The third-order valence-corrected chi connectivity index (χ3v) is 6.42. The van der Waals surface area contributed by atoms with E-state index in [1.54, 1.807) is 12.1 Å². The molecule has 1 saturated heterocycles. The highest BCUT2D eigenvalue weighted by molar-refractivity contribution is 5.90. The maximum Gasteiger partial charge on any atom is 0.165 e. The van der Waals surface area contributed by atoms with Crippen LogP contribution in [0.4, 0.5) is 4.39 Å². The van der Waals surface area contributed by atoms with E-state index in [4.69, 9.17) is 9.47 Å².